The molecule has 1 aromatic carbocycles. The van der Waals surface area contributed by atoms with Crippen molar-refractivity contribution in [1.29, 1.82) is 0 Å². The zero-order valence-electron chi connectivity index (χ0n) is 10.3. The molecule has 0 spiro atoms. The first-order valence-electron chi connectivity index (χ1n) is 6.29. The lowest BCUT2D eigenvalue weighted by Crippen LogP contribution is -2.57. The number of nitrogens with zero attached hydrogens (tertiary/aromatic N) is 1. The quantitative estimate of drug-likeness (QED) is 0.793. The van der Waals surface area contributed by atoms with Gasteiger partial charge in [-0.15, -0.1) is 0 Å². The standard InChI is InChI=1S/C13H15BrF2N2O/c14-8-1-2-9-10(7-8)18-4-6-19-5-3-11(18)13(15,16)12(9)17/h1-2,7,11-12H,3-6,17H2. The smallest absolute Gasteiger partial charge is 0.286 e. The summed E-state index contributed by atoms with van der Waals surface area (Å²) in [7, 11) is 0. The monoisotopic (exact) mass is 332 g/mol. The number of nitrogens with two attached hydrogens (primary N) is 1. The molecule has 1 fully saturated rings. The highest BCUT2D eigenvalue weighted by Gasteiger charge is 2.53. The number of hydrogen-bond donors (Lipinski definition) is 1. The number of alkyl halides is 2. The normalized spacial score (nSPS) is 29.4. The number of hydrogen-bond acceptors (Lipinski definition) is 3. The highest BCUT2D eigenvalue weighted by molar-refractivity contribution is 9.10. The second kappa shape index (κ2) is 4.68. The summed E-state index contributed by atoms with van der Waals surface area (Å²) in [5, 5.41) is 0. The van der Waals surface area contributed by atoms with Crippen molar-refractivity contribution >= 4 is 21.6 Å². The van der Waals surface area contributed by atoms with Crippen molar-refractivity contribution < 1.29 is 13.5 Å². The molecule has 3 nitrogen and oxygen atoms in total. The van der Waals surface area contributed by atoms with E-state index < -0.39 is 18.0 Å². The van der Waals surface area contributed by atoms with E-state index in [-0.39, 0.29) is 0 Å². The molecule has 2 N–H and O–H groups in total. The molecule has 1 aromatic rings. The maximum Gasteiger partial charge on any atom is 0.286 e. The average Bonchev–Trinajstić information content (AvgIpc) is 2.62. The van der Waals surface area contributed by atoms with E-state index >= 15 is 0 Å². The molecule has 104 valence electrons. The Hall–Kier alpha value is -0.720. The van der Waals surface area contributed by atoms with Crippen LogP contribution in [0.2, 0.25) is 0 Å². The first-order valence-corrected chi connectivity index (χ1v) is 7.08. The van der Waals surface area contributed by atoms with Crippen LogP contribution in [0.3, 0.4) is 0 Å². The largest absolute Gasteiger partial charge is 0.380 e. The van der Waals surface area contributed by atoms with E-state index in [1.807, 2.05) is 6.07 Å². The van der Waals surface area contributed by atoms with E-state index in [1.54, 1.807) is 17.0 Å². The lowest BCUT2D eigenvalue weighted by molar-refractivity contribution is -0.0599. The van der Waals surface area contributed by atoms with Gasteiger partial charge in [0.2, 0.25) is 0 Å². The molecular weight excluding hydrogens is 318 g/mol. The number of anilines is 1. The van der Waals surface area contributed by atoms with Crippen molar-refractivity contribution in [3.05, 3.63) is 28.2 Å². The molecule has 2 aliphatic rings. The molecule has 2 atom stereocenters. The van der Waals surface area contributed by atoms with Crippen LogP contribution < -0.4 is 10.6 Å². The summed E-state index contributed by atoms with van der Waals surface area (Å²) in [6.07, 6.45) is 0.298. The average molecular weight is 333 g/mol. The van der Waals surface area contributed by atoms with Crippen LogP contribution in [0.25, 0.3) is 0 Å². The Morgan fingerprint density at radius 1 is 1.37 bits per heavy atom. The van der Waals surface area contributed by atoms with E-state index in [1.165, 1.54) is 0 Å². The summed E-state index contributed by atoms with van der Waals surface area (Å²) >= 11 is 3.39. The summed E-state index contributed by atoms with van der Waals surface area (Å²) in [6.45, 7) is 1.29. The molecule has 0 radical (unpaired) electrons. The van der Waals surface area contributed by atoms with E-state index in [9.17, 15) is 8.78 Å². The third kappa shape index (κ3) is 2.06. The first kappa shape index (κ1) is 13.3. The number of ether oxygens (including phenoxy) is 1. The minimum Gasteiger partial charge on any atom is -0.380 e. The summed E-state index contributed by atoms with van der Waals surface area (Å²) < 4.78 is 35.1. The Bertz CT molecular complexity index is 498. The maximum absolute atomic E-state index is 14.5. The van der Waals surface area contributed by atoms with Crippen LogP contribution in [-0.4, -0.2) is 31.7 Å². The van der Waals surface area contributed by atoms with Crippen LogP contribution in [0, 0.1) is 0 Å². The molecule has 2 heterocycles. The first-order chi connectivity index (χ1) is 9.01. The Labute approximate surface area is 118 Å². The predicted molar refractivity (Wildman–Crippen MR) is 72.6 cm³/mol. The second-order valence-corrected chi connectivity index (χ2v) is 5.88. The van der Waals surface area contributed by atoms with Crippen LogP contribution in [-0.2, 0) is 4.74 Å². The van der Waals surface area contributed by atoms with Gasteiger partial charge in [-0.2, -0.15) is 0 Å². The van der Waals surface area contributed by atoms with Gasteiger partial charge in [-0.25, -0.2) is 8.78 Å². The van der Waals surface area contributed by atoms with Gasteiger partial charge in [0, 0.05) is 23.3 Å². The summed E-state index contributed by atoms with van der Waals surface area (Å²) in [4.78, 5) is 1.75. The van der Waals surface area contributed by atoms with Crippen LogP contribution in [0.4, 0.5) is 14.5 Å². The number of halogens is 3. The number of benzene rings is 1. The van der Waals surface area contributed by atoms with E-state index in [2.05, 4.69) is 15.9 Å². The van der Waals surface area contributed by atoms with Crippen molar-refractivity contribution in [2.24, 2.45) is 5.73 Å². The third-order valence-corrected chi connectivity index (χ3v) is 4.38. The van der Waals surface area contributed by atoms with E-state index in [0.717, 1.165) is 10.2 Å². The Morgan fingerprint density at radius 3 is 2.95 bits per heavy atom. The van der Waals surface area contributed by atoms with Gasteiger partial charge < -0.3 is 15.4 Å². The highest BCUT2D eigenvalue weighted by Crippen LogP contribution is 2.47. The molecule has 0 bridgehead atoms. The fourth-order valence-electron chi connectivity index (χ4n) is 2.90. The van der Waals surface area contributed by atoms with E-state index in [4.69, 9.17) is 10.5 Å². The van der Waals surface area contributed by atoms with Gasteiger partial charge in [0.1, 0.15) is 0 Å². The van der Waals surface area contributed by atoms with Gasteiger partial charge in [-0.05, 0) is 24.1 Å². The van der Waals surface area contributed by atoms with Crippen molar-refractivity contribution in [3.63, 3.8) is 0 Å². The van der Waals surface area contributed by atoms with E-state index in [0.29, 0.717) is 31.7 Å². The van der Waals surface area contributed by atoms with Crippen LogP contribution in [0.5, 0.6) is 0 Å². The fraction of sp³-hybridized carbons (Fsp3) is 0.538. The molecule has 0 saturated carbocycles. The molecule has 2 unspecified atom stereocenters. The van der Waals surface area contributed by atoms with Crippen LogP contribution >= 0.6 is 15.9 Å². The Kier molecular flexibility index (Phi) is 3.27. The van der Waals surface area contributed by atoms with Crippen molar-refractivity contribution in [2.45, 2.75) is 24.4 Å². The summed E-state index contributed by atoms with van der Waals surface area (Å²) in [5.41, 5.74) is 7.10. The maximum atomic E-state index is 14.5. The SMILES string of the molecule is NC1c2ccc(Br)cc2N2CCOCCC2C1(F)F. The number of fused-ring (bicyclic) bond motifs is 3. The molecule has 3 rings (SSSR count). The molecule has 19 heavy (non-hydrogen) atoms. The minimum atomic E-state index is -2.94. The molecule has 0 aromatic heterocycles. The molecule has 2 aliphatic heterocycles. The Balaban J connectivity index is 2.14. The topological polar surface area (TPSA) is 38.5 Å². The minimum absolute atomic E-state index is 0.298. The number of rotatable bonds is 0. The van der Waals surface area contributed by atoms with Crippen LogP contribution in [0.1, 0.15) is 18.0 Å². The fourth-order valence-corrected chi connectivity index (χ4v) is 3.25. The lowest BCUT2D eigenvalue weighted by Gasteiger charge is -2.45. The van der Waals surface area contributed by atoms with Crippen LogP contribution in [0.15, 0.2) is 22.7 Å². The highest BCUT2D eigenvalue weighted by atomic mass is 79.9. The van der Waals surface area contributed by atoms with Gasteiger partial charge in [0.05, 0.1) is 18.7 Å². The van der Waals surface area contributed by atoms with Gasteiger partial charge in [0.15, 0.2) is 0 Å². The lowest BCUT2D eigenvalue weighted by atomic mass is 9.87. The molecule has 0 amide bonds. The van der Waals surface area contributed by atoms with Crippen molar-refractivity contribution in [2.75, 3.05) is 24.7 Å². The molecule has 1 saturated heterocycles. The Morgan fingerprint density at radius 2 is 2.16 bits per heavy atom. The van der Waals surface area contributed by atoms with Gasteiger partial charge >= 0.3 is 0 Å². The zero-order chi connectivity index (χ0) is 13.6. The zero-order valence-corrected chi connectivity index (χ0v) is 11.9. The van der Waals surface area contributed by atoms with Gasteiger partial charge in [-0.1, -0.05) is 22.0 Å². The van der Waals surface area contributed by atoms with Crippen molar-refractivity contribution in [3.8, 4) is 0 Å². The van der Waals surface area contributed by atoms with Crippen molar-refractivity contribution in [1.82, 2.24) is 0 Å². The van der Waals surface area contributed by atoms with Gasteiger partial charge in [0.25, 0.3) is 5.92 Å². The third-order valence-electron chi connectivity index (χ3n) is 3.88. The molecular formula is C13H15BrF2N2O. The van der Waals surface area contributed by atoms with Gasteiger partial charge in [-0.3, -0.25) is 0 Å². The predicted octanol–water partition coefficient (Wildman–Crippen LogP) is 2.69. The summed E-state index contributed by atoms with van der Waals surface area (Å²) in [5.74, 6) is -2.94. The molecule has 6 heteroatoms. The summed E-state index contributed by atoms with van der Waals surface area (Å²) in [6, 6.07) is 3.16. The molecule has 0 aliphatic carbocycles. The second-order valence-electron chi connectivity index (χ2n) is 4.97.